The fourth-order valence-electron chi connectivity index (χ4n) is 3.96. The van der Waals surface area contributed by atoms with Gasteiger partial charge in [0.1, 0.15) is 0 Å². The van der Waals surface area contributed by atoms with Gasteiger partial charge in [-0.05, 0) is 48.4 Å². The summed E-state index contributed by atoms with van der Waals surface area (Å²) in [6, 6.07) is 15.2. The molecule has 2 aromatic rings. The van der Waals surface area contributed by atoms with E-state index < -0.39 is 5.91 Å². The van der Waals surface area contributed by atoms with Crippen molar-refractivity contribution in [2.45, 2.75) is 37.5 Å². The van der Waals surface area contributed by atoms with E-state index in [4.69, 9.17) is 23.2 Å². The average molecular weight is 419 g/mol. The Morgan fingerprint density at radius 1 is 0.964 bits per heavy atom. The number of nitrogens with one attached hydrogen (secondary N) is 2. The topological polar surface area (TPSA) is 58.2 Å². The van der Waals surface area contributed by atoms with Crippen molar-refractivity contribution >= 4 is 35.0 Å². The summed E-state index contributed by atoms with van der Waals surface area (Å²) in [6.07, 6.45) is 5.65. The number of rotatable bonds is 7. The van der Waals surface area contributed by atoms with Crippen LogP contribution in [0.1, 0.15) is 48.0 Å². The van der Waals surface area contributed by atoms with Crippen molar-refractivity contribution in [2.75, 3.05) is 13.1 Å². The lowest BCUT2D eigenvalue weighted by Crippen LogP contribution is -2.39. The zero-order valence-electron chi connectivity index (χ0n) is 15.6. The third-order valence-electron chi connectivity index (χ3n) is 5.46. The molecule has 0 heterocycles. The summed E-state index contributed by atoms with van der Waals surface area (Å²) in [5.41, 5.74) is 1.80. The maximum Gasteiger partial charge on any atom is 0.253 e. The van der Waals surface area contributed by atoms with Gasteiger partial charge in [0, 0.05) is 11.6 Å². The summed E-state index contributed by atoms with van der Waals surface area (Å²) in [5.74, 6) is -0.604. The predicted octanol–water partition coefficient (Wildman–Crippen LogP) is 4.74. The monoisotopic (exact) mass is 418 g/mol. The van der Waals surface area contributed by atoms with Crippen LogP contribution in [0.2, 0.25) is 10.0 Å². The molecule has 1 saturated carbocycles. The number of amides is 2. The number of benzene rings is 2. The molecule has 2 N–H and O–H groups in total. The highest BCUT2D eigenvalue weighted by Gasteiger charge is 2.34. The first-order chi connectivity index (χ1) is 13.5. The van der Waals surface area contributed by atoms with Crippen LogP contribution in [0.5, 0.6) is 0 Å². The molecule has 0 unspecified atom stereocenters. The second-order valence-corrected chi connectivity index (χ2v) is 8.10. The molecule has 4 nitrogen and oxygen atoms in total. The first-order valence-corrected chi connectivity index (χ1v) is 10.3. The summed E-state index contributed by atoms with van der Waals surface area (Å²) in [6.45, 7) is 0.501. The molecule has 1 aliphatic carbocycles. The Morgan fingerprint density at radius 2 is 1.68 bits per heavy atom. The zero-order valence-corrected chi connectivity index (χ0v) is 17.2. The minimum absolute atomic E-state index is 0.0872. The molecule has 0 bridgehead atoms. The largest absolute Gasteiger partial charge is 0.355 e. The molecule has 0 aliphatic heterocycles. The van der Waals surface area contributed by atoms with Gasteiger partial charge in [-0.1, -0.05) is 66.4 Å². The van der Waals surface area contributed by atoms with Crippen LogP contribution < -0.4 is 10.6 Å². The van der Waals surface area contributed by atoms with E-state index in [1.54, 1.807) is 12.1 Å². The van der Waals surface area contributed by atoms with Crippen molar-refractivity contribution in [1.82, 2.24) is 10.6 Å². The van der Waals surface area contributed by atoms with E-state index >= 15 is 0 Å². The molecule has 0 radical (unpaired) electrons. The van der Waals surface area contributed by atoms with Crippen molar-refractivity contribution in [3.05, 3.63) is 69.7 Å². The van der Waals surface area contributed by atoms with Gasteiger partial charge in [0.2, 0.25) is 5.91 Å². The van der Waals surface area contributed by atoms with Gasteiger partial charge < -0.3 is 10.6 Å². The van der Waals surface area contributed by atoms with Gasteiger partial charge in [0.25, 0.3) is 5.91 Å². The number of hydrogen-bond acceptors (Lipinski definition) is 2. The molecule has 2 amide bonds. The maximum atomic E-state index is 12.2. The van der Waals surface area contributed by atoms with Gasteiger partial charge in [0.15, 0.2) is 0 Å². The average Bonchev–Trinajstić information content (AvgIpc) is 3.17. The standard InChI is InChI=1S/C22H24Cl2N2O2/c23-17-8-9-18(19(24)14-17)21(28)26-15-20(27)25-13-12-22(10-4-5-11-22)16-6-2-1-3-7-16/h1-3,6-9,14H,4-5,10-13,15H2,(H,25,27)(H,26,28). The van der Waals surface area contributed by atoms with Crippen LogP contribution in [0.15, 0.2) is 48.5 Å². The molecule has 1 aliphatic rings. The van der Waals surface area contributed by atoms with Gasteiger partial charge in [-0.15, -0.1) is 0 Å². The number of carbonyl (C=O) groups excluding carboxylic acids is 2. The van der Waals surface area contributed by atoms with E-state index in [0.29, 0.717) is 17.1 Å². The Hall–Kier alpha value is -2.04. The Morgan fingerprint density at radius 3 is 2.36 bits per heavy atom. The molecule has 148 valence electrons. The summed E-state index contributed by atoms with van der Waals surface area (Å²) in [5, 5.41) is 6.24. The van der Waals surface area contributed by atoms with Crippen molar-refractivity contribution < 1.29 is 9.59 Å². The Balaban J connectivity index is 1.48. The van der Waals surface area contributed by atoms with Crippen LogP contribution >= 0.6 is 23.2 Å². The van der Waals surface area contributed by atoms with E-state index in [0.717, 1.165) is 19.3 Å². The van der Waals surface area contributed by atoms with E-state index in [9.17, 15) is 9.59 Å². The molecule has 3 rings (SSSR count). The molecule has 6 heteroatoms. The van der Waals surface area contributed by atoms with Crippen LogP contribution in [0.25, 0.3) is 0 Å². The smallest absolute Gasteiger partial charge is 0.253 e. The number of halogens is 2. The van der Waals surface area contributed by atoms with Crippen molar-refractivity contribution in [1.29, 1.82) is 0 Å². The summed E-state index contributed by atoms with van der Waals surface area (Å²) >= 11 is 11.9. The van der Waals surface area contributed by atoms with Crippen LogP contribution in [0, 0.1) is 0 Å². The van der Waals surface area contributed by atoms with Gasteiger partial charge in [0.05, 0.1) is 17.1 Å². The van der Waals surface area contributed by atoms with Crippen LogP contribution in [-0.4, -0.2) is 24.9 Å². The zero-order chi connectivity index (χ0) is 20.0. The molecular weight excluding hydrogens is 395 g/mol. The highest BCUT2D eigenvalue weighted by molar-refractivity contribution is 6.36. The molecule has 0 saturated heterocycles. The first kappa shape index (κ1) is 20.7. The third-order valence-corrected chi connectivity index (χ3v) is 6.01. The molecule has 0 atom stereocenters. The van der Waals surface area contributed by atoms with Gasteiger partial charge >= 0.3 is 0 Å². The third kappa shape index (κ3) is 5.06. The Bertz CT molecular complexity index is 834. The second-order valence-electron chi connectivity index (χ2n) is 7.26. The van der Waals surface area contributed by atoms with E-state index in [2.05, 4.69) is 34.9 Å². The molecule has 1 fully saturated rings. The molecule has 0 aromatic heterocycles. The molecule has 28 heavy (non-hydrogen) atoms. The SMILES string of the molecule is O=C(CNC(=O)c1ccc(Cl)cc1Cl)NCCC1(c2ccccc2)CCCC1. The number of carbonyl (C=O) groups is 2. The summed E-state index contributed by atoms with van der Waals surface area (Å²) < 4.78 is 0. The fraction of sp³-hybridized carbons (Fsp3) is 0.364. The van der Waals surface area contributed by atoms with Crippen molar-refractivity contribution in [3.63, 3.8) is 0 Å². The lowest BCUT2D eigenvalue weighted by Gasteiger charge is -2.30. The highest BCUT2D eigenvalue weighted by Crippen LogP contribution is 2.43. The Kier molecular flexibility index (Phi) is 6.97. The van der Waals surface area contributed by atoms with Crippen molar-refractivity contribution in [2.24, 2.45) is 0 Å². The quantitative estimate of drug-likeness (QED) is 0.681. The van der Waals surface area contributed by atoms with Gasteiger partial charge in [-0.25, -0.2) is 0 Å². The lowest BCUT2D eigenvalue weighted by atomic mass is 9.76. The molecule has 0 spiro atoms. The summed E-state index contributed by atoms with van der Waals surface area (Å²) in [7, 11) is 0. The summed E-state index contributed by atoms with van der Waals surface area (Å²) in [4.78, 5) is 24.3. The molecule has 2 aromatic carbocycles. The number of hydrogen-bond donors (Lipinski definition) is 2. The Labute approximate surface area is 175 Å². The lowest BCUT2D eigenvalue weighted by molar-refractivity contribution is -0.120. The van der Waals surface area contributed by atoms with E-state index in [1.165, 1.54) is 24.5 Å². The predicted molar refractivity (Wildman–Crippen MR) is 113 cm³/mol. The second kappa shape index (κ2) is 9.44. The minimum atomic E-state index is -0.395. The van der Waals surface area contributed by atoms with Crippen LogP contribution in [-0.2, 0) is 10.2 Å². The highest BCUT2D eigenvalue weighted by atomic mass is 35.5. The van der Waals surface area contributed by atoms with Crippen LogP contribution in [0.4, 0.5) is 0 Å². The fourth-order valence-corrected chi connectivity index (χ4v) is 4.45. The van der Waals surface area contributed by atoms with Crippen LogP contribution in [0.3, 0.4) is 0 Å². The normalized spacial score (nSPS) is 15.2. The van der Waals surface area contributed by atoms with Gasteiger partial charge in [-0.2, -0.15) is 0 Å². The van der Waals surface area contributed by atoms with E-state index in [-0.39, 0.29) is 22.9 Å². The maximum absolute atomic E-state index is 12.2. The molecular formula is C22H24Cl2N2O2. The van der Waals surface area contributed by atoms with E-state index in [1.807, 2.05) is 6.07 Å². The van der Waals surface area contributed by atoms with Crippen molar-refractivity contribution in [3.8, 4) is 0 Å². The first-order valence-electron chi connectivity index (χ1n) is 9.56. The minimum Gasteiger partial charge on any atom is -0.355 e. The van der Waals surface area contributed by atoms with Gasteiger partial charge in [-0.3, -0.25) is 9.59 Å².